The molecule has 2 atom stereocenters. The molecule has 0 radical (unpaired) electrons. The van der Waals surface area contributed by atoms with Crippen LogP contribution in [-0.2, 0) is 11.2 Å². The molecular formula is C24H34F2O. The predicted octanol–water partition coefficient (Wildman–Crippen LogP) is 6.92. The minimum Gasteiger partial charge on any atom is -0.372 e. The molecule has 2 fully saturated rings. The Morgan fingerprint density at radius 1 is 1.07 bits per heavy atom. The summed E-state index contributed by atoms with van der Waals surface area (Å²) in [5, 5.41) is 0. The van der Waals surface area contributed by atoms with Crippen LogP contribution in [0.1, 0.15) is 75.3 Å². The third-order valence-corrected chi connectivity index (χ3v) is 6.51. The third-order valence-electron chi connectivity index (χ3n) is 6.51. The van der Waals surface area contributed by atoms with Crippen LogP contribution < -0.4 is 0 Å². The van der Waals surface area contributed by atoms with E-state index in [1.54, 1.807) is 6.08 Å². The normalized spacial score (nSPS) is 30.8. The number of halogens is 2. The first-order chi connectivity index (χ1) is 13.0. The summed E-state index contributed by atoms with van der Waals surface area (Å²) in [5.41, 5.74) is 2.85. The van der Waals surface area contributed by atoms with Crippen LogP contribution in [0.15, 0.2) is 36.9 Å². The number of benzene rings is 1. The van der Waals surface area contributed by atoms with Crippen LogP contribution in [0.3, 0.4) is 0 Å². The van der Waals surface area contributed by atoms with E-state index in [9.17, 15) is 8.78 Å². The van der Waals surface area contributed by atoms with Crippen LogP contribution in [0, 0.1) is 11.8 Å². The highest BCUT2D eigenvalue weighted by atomic mass is 19.3. The van der Waals surface area contributed by atoms with E-state index in [1.807, 2.05) is 0 Å². The van der Waals surface area contributed by atoms with Crippen molar-refractivity contribution in [3.63, 3.8) is 0 Å². The molecule has 2 saturated carbocycles. The molecule has 0 heterocycles. The summed E-state index contributed by atoms with van der Waals surface area (Å²) < 4.78 is 34.2. The number of alkyl halides is 2. The number of aryl methyl sites for hydroxylation is 1. The van der Waals surface area contributed by atoms with Crippen molar-refractivity contribution in [1.82, 2.24) is 0 Å². The molecule has 2 aliphatic rings. The first-order valence-corrected chi connectivity index (χ1v) is 10.7. The van der Waals surface area contributed by atoms with Gasteiger partial charge in [0, 0.05) is 6.42 Å². The van der Waals surface area contributed by atoms with Crippen molar-refractivity contribution in [2.45, 2.75) is 82.7 Å². The molecule has 3 rings (SSSR count). The Hall–Kier alpha value is -1.22. The largest absolute Gasteiger partial charge is 0.372 e. The number of allylic oxidation sites excluding steroid dienone is 1. The zero-order chi connectivity index (χ0) is 19.3. The zero-order valence-electron chi connectivity index (χ0n) is 16.6. The van der Waals surface area contributed by atoms with E-state index < -0.39 is 12.0 Å². The maximum absolute atomic E-state index is 14.3. The van der Waals surface area contributed by atoms with Gasteiger partial charge in [0.05, 0.1) is 6.61 Å². The van der Waals surface area contributed by atoms with Gasteiger partial charge in [0.25, 0.3) is 5.92 Å². The van der Waals surface area contributed by atoms with Crippen molar-refractivity contribution in [2.24, 2.45) is 11.8 Å². The second kappa shape index (κ2) is 9.32. The first-order valence-electron chi connectivity index (χ1n) is 10.7. The molecule has 1 aromatic rings. The van der Waals surface area contributed by atoms with Crippen LogP contribution in [0.5, 0.6) is 0 Å². The monoisotopic (exact) mass is 376 g/mol. The molecule has 0 spiro atoms. The van der Waals surface area contributed by atoms with E-state index in [1.165, 1.54) is 17.5 Å². The first kappa shape index (κ1) is 20.5. The van der Waals surface area contributed by atoms with Crippen molar-refractivity contribution in [3.8, 4) is 0 Å². The summed E-state index contributed by atoms with van der Waals surface area (Å²) in [7, 11) is 0. The molecule has 0 amide bonds. The second-order valence-corrected chi connectivity index (χ2v) is 8.57. The van der Waals surface area contributed by atoms with Gasteiger partial charge in [0.15, 0.2) is 0 Å². The van der Waals surface area contributed by atoms with Gasteiger partial charge < -0.3 is 4.74 Å². The molecular weight excluding hydrogens is 342 g/mol. The Labute approximate surface area is 163 Å². The molecule has 2 unspecified atom stereocenters. The number of ether oxygens (including phenoxy) is 1. The molecule has 0 bridgehead atoms. The van der Waals surface area contributed by atoms with Crippen molar-refractivity contribution >= 4 is 0 Å². The average Bonchev–Trinajstić information content (AvgIpc) is 2.68. The van der Waals surface area contributed by atoms with Crippen molar-refractivity contribution in [3.05, 3.63) is 48.0 Å². The molecule has 150 valence electrons. The van der Waals surface area contributed by atoms with Crippen LogP contribution in [0.2, 0.25) is 0 Å². The van der Waals surface area contributed by atoms with E-state index in [4.69, 9.17) is 4.74 Å². The van der Waals surface area contributed by atoms with Gasteiger partial charge in [0.2, 0.25) is 0 Å². The van der Waals surface area contributed by atoms with Gasteiger partial charge >= 0.3 is 0 Å². The lowest BCUT2D eigenvalue weighted by Crippen LogP contribution is -2.42. The Morgan fingerprint density at radius 3 is 2.37 bits per heavy atom. The summed E-state index contributed by atoms with van der Waals surface area (Å²) in [6.45, 7) is 6.36. The van der Waals surface area contributed by atoms with E-state index >= 15 is 0 Å². The lowest BCUT2D eigenvalue weighted by atomic mass is 9.78. The predicted molar refractivity (Wildman–Crippen MR) is 107 cm³/mol. The number of hydrogen-bond donors (Lipinski definition) is 0. The molecule has 1 nitrogen and oxygen atoms in total. The Kier molecular flexibility index (Phi) is 7.08. The van der Waals surface area contributed by atoms with E-state index in [-0.39, 0.29) is 12.3 Å². The SMILES string of the molecule is C=CC1CCC(OCC2CCC(c3ccc(CCC)cc3)CC2)C(F)(F)C1. The topological polar surface area (TPSA) is 9.23 Å². The Bertz CT molecular complexity index is 587. The van der Waals surface area contributed by atoms with Gasteiger partial charge in [-0.05, 0) is 73.8 Å². The molecule has 1 aromatic carbocycles. The minimum atomic E-state index is -2.71. The molecule has 27 heavy (non-hydrogen) atoms. The molecule has 0 aromatic heterocycles. The van der Waals surface area contributed by atoms with Gasteiger partial charge in [-0.25, -0.2) is 8.78 Å². The fourth-order valence-electron chi connectivity index (χ4n) is 4.73. The van der Waals surface area contributed by atoms with Gasteiger partial charge in [-0.1, -0.05) is 43.7 Å². The maximum atomic E-state index is 14.3. The highest BCUT2D eigenvalue weighted by Gasteiger charge is 2.45. The summed E-state index contributed by atoms with van der Waals surface area (Å²) in [4.78, 5) is 0. The summed E-state index contributed by atoms with van der Waals surface area (Å²) in [6, 6.07) is 9.08. The van der Waals surface area contributed by atoms with E-state index in [0.29, 0.717) is 24.9 Å². The Morgan fingerprint density at radius 2 is 1.78 bits per heavy atom. The van der Waals surface area contributed by atoms with Gasteiger partial charge in [0.1, 0.15) is 6.10 Å². The van der Waals surface area contributed by atoms with Gasteiger partial charge in [-0.2, -0.15) is 0 Å². The van der Waals surface area contributed by atoms with Crippen LogP contribution in [-0.4, -0.2) is 18.6 Å². The fourth-order valence-corrected chi connectivity index (χ4v) is 4.73. The van der Waals surface area contributed by atoms with Crippen LogP contribution in [0.25, 0.3) is 0 Å². The lowest BCUT2D eigenvalue weighted by Gasteiger charge is -2.36. The fraction of sp³-hybridized carbons (Fsp3) is 0.667. The molecule has 0 aliphatic heterocycles. The number of hydrogen-bond acceptors (Lipinski definition) is 1. The maximum Gasteiger partial charge on any atom is 0.274 e. The molecule has 3 heteroatoms. The highest BCUT2D eigenvalue weighted by Crippen LogP contribution is 2.41. The summed E-state index contributed by atoms with van der Waals surface area (Å²) in [5.74, 6) is -1.75. The van der Waals surface area contributed by atoms with Crippen LogP contribution in [0.4, 0.5) is 8.78 Å². The summed E-state index contributed by atoms with van der Waals surface area (Å²) in [6.07, 6.45) is 8.63. The Balaban J connectivity index is 1.43. The molecule has 0 N–H and O–H groups in total. The van der Waals surface area contributed by atoms with Crippen LogP contribution >= 0.6 is 0 Å². The zero-order valence-corrected chi connectivity index (χ0v) is 16.6. The minimum absolute atomic E-state index is 0.0704. The van der Waals surface area contributed by atoms with Gasteiger partial charge in [-0.15, -0.1) is 6.58 Å². The third kappa shape index (κ3) is 5.40. The van der Waals surface area contributed by atoms with Crippen molar-refractivity contribution in [2.75, 3.05) is 6.61 Å². The van der Waals surface area contributed by atoms with E-state index in [0.717, 1.165) is 38.5 Å². The van der Waals surface area contributed by atoms with E-state index in [2.05, 4.69) is 37.8 Å². The smallest absolute Gasteiger partial charge is 0.274 e. The standard InChI is InChI=1S/C24H34F2O/c1-3-5-19-6-11-21(12-7-19)22-13-8-20(9-14-22)17-27-23-15-10-18(4-2)16-24(23,25)26/h4,6-7,11-12,18,20,22-23H,2-3,5,8-10,13-17H2,1H3. The lowest BCUT2D eigenvalue weighted by molar-refractivity contribution is -0.170. The number of rotatable bonds is 7. The summed E-state index contributed by atoms with van der Waals surface area (Å²) >= 11 is 0. The molecule has 0 saturated heterocycles. The quantitative estimate of drug-likeness (QED) is 0.469. The van der Waals surface area contributed by atoms with Crippen molar-refractivity contribution < 1.29 is 13.5 Å². The van der Waals surface area contributed by atoms with Gasteiger partial charge in [-0.3, -0.25) is 0 Å². The molecule has 2 aliphatic carbocycles. The second-order valence-electron chi connectivity index (χ2n) is 8.57. The highest BCUT2D eigenvalue weighted by molar-refractivity contribution is 5.25. The average molecular weight is 377 g/mol. The van der Waals surface area contributed by atoms with Crippen molar-refractivity contribution in [1.29, 1.82) is 0 Å².